The molecule has 0 fully saturated rings. The minimum Gasteiger partial charge on any atom is -0.408 e. The van der Waals surface area contributed by atoms with Crippen LogP contribution >= 0.6 is 22.6 Å². The Morgan fingerprint density at radius 3 is 3.00 bits per heavy atom. The van der Waals surface area contributed by atoms with Gasteiger partial charge in [0.15, 0.2) is 5.58 Å². The second-order valence-corrected chi connectivity index (χ2v) is 4.88. The van der Waals surface area contributed by atoms with E-state index in [9.17, 15) is 4.79 Å². The van der Waals surface area contributed by atoms with E-state index in [4.69, 9.17) is 9.15 Å². The van der Waals surface area contributed by atoms with Crippen molar-refractivity contribution in [2.45, 2.75) is 19.6 Å². The summed E-state index contributed by atoms with van der Waals surface area (Å²) < 4.78 is 13.0. The molecule has 0 N–H and O–H groups in total. The lowest BCUT2D eigenvalue weighted by molar-refractivity contribution is 0.102. The zero-order chi connectivity index (χ0) is 11.7. The molecule has 0 aliphatic rings. The number of fused-ring (bicyclic) bond motifs is 1. The van der Waals surface area contributed by atoms with Gasteiger partial charge in [-0.05, 0) is 47.7 Å². The molecule has 0 aliphatic carbocycles. The Balaban J connectivity index is 2.52. The fourth-order valence-corrected chi connectivity index (χ4v) is 2.01. The lowest BCUT2D eigenvalue weighted by Crippen LogP contribution is -2.22. The van der Waals surface area contributed by atoms with Crippen molar-refractivity contribution >= 4 is 33.7 Å². The van der Waals surface area contributed by atoms with E-state index >= 15 is 0 Å². The van der Waals surface area contributed by atoms with Gasteiger partial charge in [0.1, 0.15) is 0 Å². The molecular weight excluding hydrogens is 321 g/mol. The number of hydrogen-bond acceptors (Lipinski definition) is 3. The monoisotopic (exact) mass is 333 g/mol. The minimum absolute atomic E-state index is 0.0159. The maximum Gasteiger partial charge on any atom is 0.420 e. The molecule has 1 heterocycles. The number of ether oxygens (including phenoxy) is 1. The summed E-state index contributed by atoms with van der Waals surface area (Å²) in [5.74, 6) is -0.332. The zero-order valence-corrected chi connectivity index (χ0v) is 11.2. The van der Waals surface area contributed by atoms with Gasteiger partial charge in [0.05, 0.1) is 18.2 Å². The van der Waals surface area contributed by atoms with Crippen molar-refractivity contribution in [1.82, 2.24) is 4.57 Å². The first-order valence-electron chi connectivity index (χ1n) is 4.93. The summed E-state index contributed by atoms with van der Waals surface area (Å²) in [6.07, 6.45) is -0.0159. The second-order valence-electron chi connectivity index (χ2n) is 3.64. The number of methoxy groups -OCH3 is 1. The van der Waals surface area contributed by atoms with Crippen molar-refractivity contribution < 1.29 is 9.15 Å². The van der Waals surface area contributed by atoms with Crippen molar-refractivity contribution in [3.05, 3.63) is 32.3 Å². The van der Waals surface area contributed by atoms with E-state index in [0.717, 1.165) is 9.09 Å². The van der Waals surface area contributed by atoms with E-state index in [1.165, 1.54) is 0 Å². The average molecular weight is 333 g/mol. The quantitative estimate of drug-likeness (QED) is 0.809. The predicted molar refractivity (Wildman–Crippen MR) is 69.7 cm³/mol. The van der Waals surface area contributed by atoms with Crippen LogP contribution in [0.1, 0.15) is 6.92 Å². The van der Waals surface area contributed by atoms with Crippen LogP contribution in [0.2, 0.25) is 0 Å². The van der Waals surface area contributed by atoms with Gasteiger partial charge < -0.3 is 9.15 Å². The van der Waals surface area contributed by atoms with E-state index in [2.05, 4.69) is 22.6 Å². The number of oxazole rings is 1. The first kappa shape index (κ1) is 11.7. The molecule has 0 saturated heterocycles. The molecule has 0 aliphatic heterocycles. The van der Waals surface area contributed by atoms with Crippen LogP contribution in [0.3, 0.4) is 0 Å². The summed E-state index contributed by atoms with van der Waals surface area (Å²) in [6.45, 7) is 2.42. The summed E-state index contributed by atoms with van der Waals surface area (Å²) in [6, 6.07) is 5.70. The second kappa shape index (κ2) is 4.58. The predicted octanol–water partition coefficient (Wildman–Crippen LogP) is 2.23. The van der Waals surface area contributed by atoms with E-state index in [-0.39, 0.29) is 11.9 Å². The van der Waals surface area contributed by atoms with Gasteiger partial charge >= 0.3 is 5.76 Å². The molecule has 2 rings (SSSR count). The fourth-order valence-electron chi connectivity index (χ4n) is 1.54. The van der Waals surface area contributed by atoms with Crippen molar-refractivity contribution in [1.29, 1.82) is 0 Å². The van der Waals surface area contributed by atoms with Crippen LogP contribution in [-0.2, 0) is 11.3 Å². The highest BCUT2D eigenvalue weighted by Crippen LogP contribution is 2.16. The molecule has 1 unspecified atom stereocenters. The van der Waals surface area contributed by atoms with Gasteiger partial charge in [0.25, 0.3) is 0 Å². The summed E-state index contributed by atoms with van der Waals surface area (Å²) in [5, 5.41) is 0. The van der Waals surface area contributed by atoms with Crippen molar-refractivity contribution in [3.63, 3.8) is 0 Å². The van der Waals surface area contributed by atoms with Crippen LogP contribution in [0, 0.1) is 3.57 Å². The molecule has 0 radical (unpaired) electrons. The molecule has 86 valence electrons. The lowest BCUT2D eigenvalue weighted by Gasteiger charge is -2.09. The number of rotatable bonds is 3. The number of aromatic nitrogens is 1. The van der Waals surface area contributed by atoms with Gasteiger partial charge in [-0.2, -0.15) is 0 Å². The molecule has 5 heteroatoms. The Hall–Kier alpha value is -0.820. The smallest absolute Gasteiger partial charge is 0.408 e. The van der Waals surface area contributed by atoms with Gasteiger partial charge in [-0.1, -0.05) is 0 Å². The third-order valence-electron chi connectivity index (χ3n) is 2.47. The Bertz CT molecular complexity index is 558. The van der Waals surface area contributed by atoms with Crippen LogP contribution in [0.15, 0.2) is 27.4 Å². The van der Waals surface area contributed by atoms with Gasteiger partial charge in [-0.3, -0.25) is 4.57 Å². The fraction of sp³-hybridized carbons (Fsp3) is 0.364. The molecule has 1 aromatic heterocycles. The number of nitrogens with zero attached hydrogens (tertiary/aromatic N) is 1. The maximum absolute atomic E-state index is 11.6. The third kappa shape index (κ3) is 2.15. The highest BCUT2D eigenvalue weighted by molar-refractivity contribution is 14.1. The molecule has 0 amide bonds. The Labute approximate surface area is 106 Å². The largest absolute Gasteiger partial charge is 0.420 e. The Morgan fingerprint density at radius 1 is 1.56 bits per heavy atom. The van der Waals surface area contributed by atoms with E-state index in [0.29, 0.717) is 12.1 Å². The molecule has 0 saturated carbocycles. The molecule has 16 heavy (non-hydrogen) atoms. The first-order chi connectivity index (χ1) is 7.61. The Kier molecular flexibility index (Phi) is 3.34. The molecule has 1 aromatic carbocycles. The maximum atomic E-state index is 11.6. The van der Waals surface area contributed by atoms with Gasteiger partial charge in [0, 0.05) is 10.7 Å². The van der Waals surface area contributed by atoms with Crippen LogP contribution in [-0.4, -0.2) is 17.8 Å². The number of hydrogen-bond donors (Lipinski definition) is 0. The van der Waals surface area contributed by atoms with E-state index in [1.54, 1.807) is 11.7 Å². The SMILES string of the molecule is COC(C)Cn1c(=O)oc2cc(I)ccc21. The molecule has 0 spiro atoms. The lowest BCUT2D eigenvalue weighted by atomic mass is 10.3. The molecule has 4 nitrogen and oxygen atoms in total. The zero-order valence-electron chi connectivity index (χ0n) is 9.07. The molecule has 1 atom stereocenters. The summed E-state index contributed by atoms with van der Waals surface area (Å²) in [7, 11) is 1.63. The standard InChI is InChI=1S/C11H12INO3/c1-7(15-2)6-13-9-4-3-8(12)5-10(9)16-11(13)14/h3-5,7H,6H2,1-2H3. The summed E-state index contributed by atoms with van der Waals surface area (Å²) >= 11 is 2.19. The highest BCUT2D eigenvalue weighted by atomic mass is 127. The average Bonchev–Trinajstić information content (AvgIpc) is 2.54. The molecular formula is C11H12INO3. The topological polar surface area (TPSA) is 44.4 Å². The van der Waals surface area contributed by atoms with Crippen LogP contribution in [0.5, 0.6) is 0 Å². The first-order valence-corrected chi connectivity index (χ1v) is 6.01. The third-order valence-corrected chi connectivity index (χ3v) is 3.14. The van der Waals surface area contributed by atoms with Crippen molar-refractivity contribution in [3.8, 4) is 0 Å². The van der Waals surface area contributed by atoms with Crippen LogP contribution in [0.4, 0.5) is 0 Å². The highest BCUT2D eigenvalue weighted by Gasteiger charge is 2.11. The van der Waals surface area contributed by atoms with Crippen LogP contribution in [0.25, 0.3) is 11.1 Å². The molecule has 0 bridgehead atoms. The van der Waals surface area contributed by atoms with E-state index < -0.39 is 0 Å². The summed E-state index contributed by atoms with van der Waals surface area (Å²) in [4.78, 5) is 11.6. The summed E-state index contributed by atoms with van der Waals surface area (Å²) in [5.41, 5.74) is 1.44. The van der Waals surface area contributed by atoms with Gasteiger partial charge in [-0.25, -0.2) is 4.79 Å². The van der Waals surface area contributed by atoms with Gasteiger partial charge in [-0.15, -0.1) is 0 Å². The normalized spacial score (nSPS) is 13.2. The minimum atomic E-state index is -0.332. The van der Waals surface area contributed by atoms with Crippen molar-refractivity contribution in [2.75, 3.05) is 7.11 Å². The Morgan fingerprint density at radius 2 is 2.31 bits per heavy atom. The van der Waals surface area contributed by atoms with Crippen LogP contribution < -0.4 is 5.76 Å². The number of benzene rings is 1. The van der Waals surface area contributed by atoms with Gasteiger partial charge in [0.2, 0.25) is 0 Å². The molecule has 2 aromatic rings. The number of halogens is 1. The van der Waals surface area contributed by atoms with Crippen molar-refractivity contribution in [2.24, 2.45) is 0 Å². The van der Waals surface area contributed by atoms with E-state index in [1.807, 2.05) is 25.1 Å².